The molecule has 0 heterocycles. The Morgan fingerprint density at radius 3 is 2.62 bits per heavy atom. The Kier molecular flexibility index (Phi) is 5.57. The molecule has 0 amide bonds. The van der Waals surface area contributed by atoms with Gasteiger partial charge in [0.05, 0.1) is 13.2 Å². The third-order valence-corrected chi connectivity index (χ3v) is 2.29. The molecule has 1 aromatic rings. The van der Waals surface area contributed by atoms with E-state index >= 15 is 0 Å². The van der Waals surface area contributed by atoms with Crippen molar-refractivity contribution in [3.63, 3.8) is 0 Å². The standard InChI is InChI=1S/C13H19NO2/c1-3-16-13(15)10-14-9-8-12-6-4-11(2)5-7-12/h4-7,14H,3,8-10H2,1-2H3. The van der Waals surface area contributed by atoms with Crippen molar-refractivity contribution in [2.75, 3.05) is 19.7 Å². The molecule has 1 aromatic carbocycles. The van der Waals surface area contributed by atoms with Crippen molar-refractivity contribution in [1.82, 2.24) is 5.32 Å². The summed E-state index contributed by atoms with van der Waals surface area (Å²) in [6.07, 6.45) is 0.930. The molecule has 88 valence electrons. The zero-order valence-corrected chi connectivity index (χ0v) is 9.95. The first-order valence-corrected chi connectivity index (χ1v) is 5.64. The summed E-state index contributed by atoms with van der Waals surface area (Å²) >= 11 is 0. The van der Waals surface area contributed by atoms with E-state index in [0.29, 0.717) is 13.2 Å². The molecule has 0 unspecified atom stereocenters. The van der Waals surface area contributed by atoms with Crippen molar-refractivity contribution in [3.05, 3.63) is 35.4 Å². The van der Waals surface area contributed by atoms with Crippen LogP contribution in [-0.2, 0) is 16.0 Å². The zero-order chi connectivity index (χ0) is 11.8. The fourth-order valence-electron chi connectivity index (χ4n) is 1.39. The second-order valence-corrected chi connectivity index (χ2v) is 3.72. The third-order valence-electron chi connectivity index (χ3n) is 2.29. The van der Waals surface area contributed by atoms with E-state index < -0.39 is 0 Å². The Labute approximate surface area is 96.8 Å². The van der Waals surface area contributed by atoms with E-state index in [2.05, 4.69) is 36.5 Å². The molecule has 0 aliphatic carbocycles. The number of aryl methyl sites for hydroxylation is 1. The molecule has 0 saturated carbocycles. The van der Waals surface area contributed by atoms with Crippen molar-refractivity contribution in [1.29, 1.82) is 0 Å². The topological polar surface area (TPSA) is 38.3 Å². The molecule has 0 spiro atoms. The maximum absolute atomic E-state index is 11.0. The summed E-state index contributed by atoms with van der Waals surface area (Å²) in [4.78, 5) is 11.0. The van der Waals surface area contributed by atoms with Gasteiger partial charge in [-0.25, -0.2) is 0 Å². The van der Waals surface area contributed by atoms with E-state index in [0.717, 1.165) is 13.0 Å². The van der Waals surface area contributed by atoms with Gasteiger partial charge >= 0.3 is 5.97 Å². The van der Waals surface area contributed by atoms with E-state index in [-0.39, 0.29) is 5.97 Å². The summed E-state index contributed by atoms with van der Waals surface area (Å²) < 4.78 is 4.81. The molecule has 0 fully saturated rings. The molecule has 0 aliphatic heterocycles. The van der Waals surface area contributed by atoms with Crippen molar-refractivity contribution in [2.24, 2.45) is 0 Å². The minimum Gasteiger partial charge on any atom is -0.465 e. The summed E-state index contributed by atoms with van der Waals surface area (Å²) in [5.41, 5.74) is 2.55. The van der Waals surface area contributed by atoms with Crippen LogP contribution in [0.25, 0.3) is 0 Å². The van der Waals surface area contributed by atoms with E-state index in [9.17, 15) is 4.79 Å². The molecule has 0 aromatic heterocycles. The number of nitrogens with one attached hydrogen (secondary N) is 1. The summed E-state index contributed by atoms with van der Waals surface area (Å²) in [7, 11) is 0. The predicted octanol–water partition coefficient (Wildman–Crippen LogP) is 1.69. The fourth-order valence-corrected chi connectivity index (χ4v) is 1.39. The van der Waals surface area contributed by atoms with Crippen LogP contribution in [0.5, 0.6) is 0 Å². The van der Waals surface area contributed by atoms with Gasteiger partial charge in [-0.15, -0.1) is 0 Å². The molecule has 0 aliphatic rings. The smallest absolute Gasteiger partial charge is 0.319 e. The Morgan fingerprint density at radius 2 is 2.00 bits per heavy atom. The van der Waals surface area contributed by atoms with E-state index in [4.69, 9.17) is 4.74 Å². The van der Waals surface area contributed by atoms with Gasteiger partial charge in [-0.1, -0.05) is 29.8 Å². The van der Waals surface area contributed by atoms with E-state index in [1.807, 2.05) is 6.92 Å². The quantitative estimate of drug-likeness (QED) is 0.587. The summed E-state index contributed by atoms with van der Waals surface area (Å²) in [5, 5.41) is 3.06. The van der Waals surface area contributed by atoms with Gasteiger partial charge in [0.2, 0.25) is 0 Å². The van der Waals surface area contributed by atoms with Crippen LogP contribution < -0.4 is 5.32 Å². The van der Waals surface area contributed by atoms with Crippen LogP contribution in [0.15, 0.2) is 24.3 Å². The van der Waals surface area contributed by atoms with Crippen LogP contribution in [0.1, 0.15) is 18.1 Å². The molecule has 1 N–H and O–H groups in total. The van der Waals surface area contributed by atoms with Gasteiger partial charge in [0, 0.05) is 0 Å². The van der Waals surface area contributed by atoms with Crippen molar-refractivity contribution in [2.45, 2.75) is 20.3 Å². The van der Waals surface area contributed by atoms with Crippen molar-refractivity contribution >= 4 is 5.97 Å². The first-order valence-electron chi connectivity index (χ1n) is 5.64. The molecule has 16 heavy (non-hydrogen) atoms. The minimum atomic E-state index is -0.189. The number of carbonyl (C=O) groups is 1. The summed E-state index contributed by atoms with van der Waals surface area (Å²) in [6.45, 7) is 5.41. The number of carbonyl (C=O) groups excluding carboxylic acids is 1. The Hall–Kier alpha value is -1.35. The molecule has 0 saturated heterocycles. The maximum atomic E-state index is 11.0. The van der Waals surface area contributed by atoms with Gasteiger partial charge in [0.15, 0.2) is 0 Å². The average molecular weight is 221 g/mol. The maximum Gasteiger partial charge on any atom is 0.319 e. The summed E-state index contributed by atoms with van der Waals surface area (Å²) in [6, 6.07) is 8.42. The van der Waals surface area contributed by atoms with Crippen LogP contribution in [0, 0.1) is 6.92 Å². The highest BCUT2D eigenvalue weighted by atomic mass is 16.5. The van der Waals surface area contributed by atoms with Crippen LogP contribution in [0.3, 0.4) is 0 Å². The van der Waals surface area contributed by atoms with Crippen LogP contribution in [0.4, 0.5) is 0 Å². The number of hydrogen-bond acceptors (Lipinski definition) is 3. The molecular weight excluding hydrogens is 202 g/mol. The predicted molar refractivity (Wildman–Crippen MR) is 64.4 cm³/mol. The number of benzene rings is 1. The SMILES string of the molecule is CCOC(=O)CNCCc1ccc(C)cc1. The molecule has 1 rings (SSSR count). The lowest BCUT2D eigenvalue weighted by molar-refractivity contribution is -0.141. The lowest BCUT2D eigenvalue weighted by atomic mass is 10.1. The first-order chi connectivity index (χ1) is 7.72. The van der Waals surface area contributed by atoms with Crippen LogP contribution in [-0.4, -0.2) is 25.7 Å². The number of ether oxygens (including phenoxy) is 1. The highest BCUT2D eigenvalue weighted by Gasteiger charge is 1.99. The zero-order valence-electron chi connectivity index (χ0n) is 9.95. The molecule has 0 atom stereocenters. The lowest BCUT2D eigenvalue weighted by Gasteiger charge is -2.05. The second kappa shape index (κ2) is 7.01. The van der Waals surface area contributed by atoms with Crippen molar-refractivity contribution in [3.8, 4) is 0 Å². The van der Waals surface area contributed by atoms with Gasteiger partial charge in [-0.3, -0.25) is 4.79 Å². The minimum absolute atomic E-state index is 0.189. The molecule has 3 nitrogen and oxygen atoms in total. The van der Waals surface area contributed by atoms with Crippen molar-refractivity contribution < 1.29 is 9.53 Å². The van der Waals surface area contributed by atoms with Gasteiger partial charge in [0.1, 0.15) is 0 Å². The Bertz CT molecular complexity index is 319. The van der Waals surface area contributed by atoms with Gasteiger partial charge in [-0.05, 0) is 32.4 Å². The van der Waals surface area contributed by atoms with Gasteiger partial charge in [0.25, 0.3) is 0 Å². The average Bonchev–Trinajstić information content (AvgIpc) is 2.27. The Morgan fingerprint density at radius 1 is 1.31 bits per heavy atom. The largest absolute Gasteiger partial charge is 0.465 e. The van der Waals surface area contributed by atoms with Crippen LogP contribution >= 0.6 is 0 Å². The Balaban J connectivity index is 2.16. The first kappa shape index (κ1) is 12.7. The number of esters is 1. The monoisotopic (exact) mass is 221 g/mol. The second-order valence-electron chi connectivity index (χ2n) is 3.72. The van der Waals surface area contributed by atoms with E-state index in [1.54, 1.807) is 0 Å². The van der Waals surface area contributed by atoms with Gasteiger partial charge in [-0.2, -0.15) is 0 Å². The number of hydrogen-bond donors (Lipinski definition) is 1. The van der Waals surface area contributed by atoms with Crippen LogP contribution in [0.2, 0.25) is 0 Å². The molecular formula is C13H19NO2. The van der Waals surface area contributed by atoms with E-state index in [1.165, 1.54) is 11.1 Å². The molecule has 3 heteroatoms. The lowest BCUT2D eigenvalue weighted by Crippen LogP contribution is -2.26. The third kappa shape index (κ3) is 4.94. The highest BCUT2D eigenvalue weighted by Crippen LogP contribution is 2.02. The highest BCUT2D eigenvalue weighted by molar-refractivity contribution is 5.71. The van der Waals surface area contributed by atoms with Gasteiger partial charge < -0.3 is 10.1 Å². The fraction of sp³-hybridized carbons (Fsp3) is 0.462. The molecule has 0 radical (unpaired) electrons. The molecule has 0 bridgehead atoms. The normalized spacial score (nSPS) is 10.1. The number of rotatable bonds is 6. The summed E-state index contributed by atoms with van der Waals surface area (Å²) in [5.74, 6) is -0.189.